The van der Waals surface area contributed by atoms with Crippen molar-refractivity contribution in [3.63, 3.8) is 0 Å². The van der Waals surface area contributed by atoms with Crippen molar-refractivity contribution in [1.29, 1.82) is 0 Å². The van der Waals surface area contributed by atoms with Crippen molar-refractivity contribution in [2.75, 3.05) is 13.6 Å². The standard InChI is InChI=1S/C16H23N3/c1-12(19(2)14-7-8-14)9-17-10-13-11-18-16-6-4-3-5-15(13)16/h3-6,11-12,14,17-18H,7-10H2,1-2H3. The Bertz CT molecular complexity index is 542. The van der Waals surface area contributed by atoms with Gasteiger partial charge in [0.2, 0.25) is 0 Å². The first-order valence-corrected chi connectivity index (χ1v) is 7.23. The van der Waals surface area contributed by atoms with Gasteiger partial charge in [0.1, 0.15) is 0 Å². The molecule has 3 heteroatoms. The van der Waals surface area contributed by atoms with Crippen molar-refractivity contribution in [2.24, 2.45) is 0 Å². The van der Waals surface area contributed by atoms with E-state index in [1.807, 2.05) is 0 Å². The number of aromatic nitrogens is 1. The van der Waals surface area contributed by atoms with Crippen LogP contribution in [0.1, 0.15) is 25.3 Å². The van der Waals surface area contributed by atoms with Gasteiger partial charge in [0.25, 0.3) is 0 Å². The Morgan fingerprint density at radius 3 is 2.95 bits per heavy atom. The van der Waals surface area contributed by atoms with E-state index in [9.17, 15) is 0 Å². The summed E-state index contributed by atoms with van der Waals surface area (Å²) < 4.78 is 0. The molecule has 0 aliphatic heterocycles. The maximum atomic E-state index is 3.58. The zero-order valence-corrected chi connectivity index (χ0v) is 11.8. The summed E-state index contributed by atoms with van der Waals surface area (Å²) in [4.78, 5) is 5.83. The largest absolute Gasteiger partial charge is 0.361 e. The summed E-state index contributed by atoms with van der Waals surface area (Å²) in [7, 11) is 2.25. The van der Waals surface area contributed by atoms with Crippen molar-refractivity contribution in [3.8, 4) is 0 Å². The van der Waals surface area contributed by atoms with Crippen LogP contribution in [0, 0.1) is 0 Å². The average Bonchev–Trinajstić information content (AvgIpc) is 3.20. The SMILES string of the molecule is CC(CNCc1c[nH]c2ccccc12)N(C)C1CC1. The highest BCUT2D eigenvalue weighted by Crippen LogP contribution is 2.26. The Hall–Kier alpha value is -1.32. The van der Waals surface area contributed by atoms with E-state index in [-0.39, 0.29) is 0 Å². The fraction of sp³-hybridized carbons (Fsp3) is 0.500. The van der Waals surface area contributed by atoms with Crippen molar-refractivity contribution in [3.05, 3.63) is 36.0 Å². The molecule has 0 bridgehead atoms. The molecular formula is C16H23N3. The van der Waals surface area contributed by atoms with Crippen LogP contribution in [0.5, 0.6) is 0 Å². The van der Waals surface area contributed by atoms with E-state index in [0.29, 0.717) is 6.04 Å². The van der Waals surface area contributed by atoms with Crippen molar-refractivity contribution >= 4 is 10.9 Å². The van der Waals surface area contributed by atoms with E-state index < -0.39 is 0 Å². The van der Waals surface area contributed by atoms with E-state index in [4.69, 9.17) is 0 Å². The quantitative estimate of drug-likeness (QED) is 0.833. The van der Waals surface area contributed by atoms with Gasteiger partial charge >= 0.3 is 0 Å². The lowest BCUT2D eigenvalue weighted by Crippen LogP contribution is -2.38. The van der Waals surface area contributed by atoms with E-state index in [2.05, 4.69) is 59.6 Å². The van der Waals surface area contributed by atoms with Gasteiger partial charge in [-0.3, -0.25) is 4.90 Å². The summed E-state index contributed by atoms with van der Waals surface area (Å²) in [6, 6.07) is 9.93. The van der Waals surface area contributed by atoms with Gasteiger partial charge in [-0.05, 0) is 38.4 Å². The molecule has 1 aromatic heterocycles. The van der Waals surface area contributed by atoms with Crippen molar-refractivity contribution in [1.82, 2.24) is 15.2 Å². The molecule has 3 rings (SSSR count). The third kappa shape index (κ3) is 2.82. The minimum atomic E-state index is 0.609. The molecule has 2 aromatic rings. The molecule has 0 saturated heterocycles. The van der Waals surface area contributed by atoms with E-state index >= 15 is 0 Å². The first-order chi connectivity index (χ1) is 9.25. The molecule has 0 radical (unpaired) electrons. The number of benzene rings is 1. The Labute approximate surface area is 115 Å². The number of hydrogen-bond acceptors (Lipinski definition) is 2. The van der Waals surface area contributed by atoms with Crippen LogP contribution in [0.15, 0.2) is 30.5 Å². The Kier molecular flexibility index (Phi) is 3.58. The lowest BCUT2D eigenvalue weighted by Gasteiger charge is -2.24. The Morgan fingerprint density at radius 1 is 1.37 bits per heavy atom. The monoisotopic (exact) mass is 257 g/mol. The van der Waals surface area contributed by atoms with Gasteiger partial charge in [0.05, 0.1) is 0 Å². The molecule has 1 heterocycles. The third-order valence-electron chi connectivity index (χ3n) is 4.25. The fourth-order valence-corrected chi connectivity index (χ4v) is 2.68. The smallest absolute Gasteiger partial charge is 0.0457 e. The fourth-order valence-electron chi connectivity index (χ4n) is 2.68. The molecule has 0 spiro atoms. The van der Waals surface area contributed by atoms with Gasteiger partial charge in [-0.25, -0.2) is 0 Å². The minimum absolute atomic E-state index is 0.609. The number of H-pyrrole nitrogens is 1. The van der Waals surface area contributed by atoms with E-state index in [1.165, 1.54) is 29.3 Å². The maximum Gasteiger partial charge on any atom is 0.0457 e. The molecule has 1 saturated carbocycles. The highest BCUT2D eigenvalue weighted by Gasteiger charge is 2.28. The number of nitrogens with zero attached hydrogens (tertiary/aromatic N) is 1. The Balaban J connectivity index is 1.54. The molecule has 3 nitrogen and oxygen atoms in total. The van der Waals surface area contributed by atoms with Crippen LogP contribution in [0.3, 0.4) is 0 Å². The average molecular weight is 257 g/mol. The molecule has 2 N–H and O–H groups in total. The topological polar surface area (TPSA) is 31.1 Å². The van der Waals surface area contributed by atoms with Gasteiger partial charge in [-0.15, -0.1) is 0 Å². The lowest BCUT2D eigenvalue weighted by molar-refractivity contribution is 0.241. The van der Waals surface area contributed by atoms with Crippen LogP contribution in [0.4, 0.5) is 0 Å². The molecule has 1 aliphatic rings. The molecule has 1 aliphatic carbocycles. The predicted octanol–water partition coefficient (Wildman–Crippen LogP) is 2.74. The van der Waals surface area contributed by atoms with Gasteiger partial charge in [0.15, 0.2) is 0 Å². The second kappa shape index (κ2) is 5.35. The van der Waals surface area contributed by atoms with Crippen LogP contribution < -0.4 is 5.32 Å². The second-order valence-corrected chi connectivity index (χ2v) is 5.74. The van der Waals surface area contributed by atoms with Gasteiger partial charge in [-0.2, -0.15) is 0 Å². The number of fused-ring (bicyclic) bond motifs is 1. The van der Waals surface area contributed by atoms with Gasteiger partial charge < -0.3 is 10.3 Å². The lowest BCUT2D eigenvalue weighted by atomic mass is 10.2. The van der Waals surface area contributed by atoms with Crippen molar-refractivity contribution < 1.29 is 0 Å². The predicted molar refractivity (Wildman–Crippen MR) is 80.3 cm³/mol. The first kappa shape index (κ1) is 12.7. The zero-order valence-electron chi connectivity index (χ0n) is 11.8. The van der Waals surface area contributed by atoms with E-state index in [0.717, 1.165) is 19.1 Å². The summed E-state index contributed by atoms with van der Waals surface area (Å²) in [5, 5.41) is 4.91. The number of aromatic amines is 1. The number of para-hydroxylation sites is 1. The first-order valence-electron chi connectivity index (χ1n) is 7.23. The van der Waals surface area contributed by atoms with Crippen LogP contribution in [-0.4, -0.2) is 35.6 Å². The van der Waals surface area contributed by atoms with Crippen molar-refractivity contribution in [2.45, 2.75) is 38.4 Å². The van der Waals surface area contributed by atoms with E-state index in [1.54, 1.807) is 0 Å². The highest BCUT2D eigenvalue weighted by molar-refractivity contribution is 5.82. The van der Waals surface area contributed by atoms with Crippen LogP contribution >= 0.6 is 0 Å². The number of hydrogen-bond donors (Lipinski definition) is 2. The molecular weight excluding hydrogens is 234 g/mol. The number of nitrogens with one attached hydrogen (secondary N) is 2. The molecule has 1 atom stereocenters. The summed E-state index contributed by atoms with van der Waals surface area (Å²) in [6.45, 7) is 4.29. The summed E-state index contributed by atoms with van der Waals surface area (Å²) in [5.41, 5.74) is 2.58. The molecule has 19 heavy (non-hydrogen) atoms. The van der Waals surface area contributed by atoms with Gasteiger partial charge in [-0.1, -0.05) is 18.2 Å². The zero-order chi connectivity index (χ0) is 13.2. The highest BCUT2D eigenvalue weighted by atomic mass is 15.2. The number of rotatable bonds is 6. The van der Waals surface area contributed by atoms with Crippen LogP contribution in [-0.2, 0) is 6.54 Å². The van der Waals surface area contributed by atoms with Gasteiger partial charge in [0, 0.05) is 42.3 Å². The third-order valence-corrected chi connectivity index (χ3v) is 4.25. The van der Waals surface area contributed by atoms with Crippen LogP contribution in [0.2, 0.25) is 0 Å². The Morgan fingerprint density at radius 2 is 2.16 bits per heavy atom. The number of likely N-dealkylation sites (N-methyl/N-ethyl adjacent to an activating group) is 1. The summed E-state index contributed by atoms with van der Waals surface area (Å²) >= 11 is 0. The molecule has 0 amide bonds. The normalized spacial score (nSPS) is 17.2. The van der Waals surface area contributed by atoms with Crippen LogP contribution in [0.25, 0.3) is 10.9 Å². The summed E-state index contributed by atoms with van der Waals surface area (Å²) in [5.74, 6) is 0. The molecule has 102 valence electrons. The summed E-state index contributed by atoms with van der Waals surface area (Å²) in [6.07, 6.45) is 4.87. The maximum absolute atomic E-state index is 3.58. The molecule has 1 fully saturated rings. The molecule has 1 aromatic carbocycles. The second-order valence-electron chi connectivity index (χ2n) is 5.74. The molecule has 1 unspecified atom stereocenters. The minimum Gasteiger partial charge on any atom is -0.361 e.